The van der Waals surface area contributed by atoms with Crippen LogP contribution in [-0.4, -0.2) is 9.91 Å². The minimum absolute atomic E-state index is 0.101. The van der Waals surface area contributed by atoms with Gasteiger partial charge in [0.15, 0.2) is 5.13 Å². The molecule has 0 bridgehead atoms. The molecule has 0 saturated heterocycles. The smallest absolute Gasteiger partial charge is 0.269 e. The molecule has 1 heterocycles. The normalized spacial score (nSPS) is 10.6. The first-order chi connectivity index (χ1) is 11.5. The van der Waals surface area contributed by atoms with Gasteiger partial charge in [0.1, 0.15) is 0 Å². The van der Waals surface area contributed by atoms with Gasteiger partial charge in [-0.3, -0.25) is 10.1 Å². The van der Waals surface area contributed by atoms with Gasteiger partial charge in [-0.2, -0.15) is 0 Å². The molecule has 0 aliphatic rings. The van der Waals surface area contributed by atoms with Gasteiger partial charge in [-0.15, -0.1) is 11.3 Å². The number of aromatic nitrogens is 1. The first kappa shape index (κ1) is 16.1. The molecular weight excluding hydrogens is 322 g/mol. The summed E-state index contributed by atoms with van der Waals surface area (Å²) in [5, 5.41) is 16.9. The monoisotopic (exact) mass is 339 g/mol. The molecule has 1 N–H and O–H groups in total. The number of nitro groups is 1. The van der Waals surface area contributed by atoms with E-state index in [1.165, 1.54) is 28.5 Å². The number of nitrogens with one attached hydrogen (secondary N) is 1. The summed E-state index contributed by atoms with van der Waals surface area (Å²) in [6.07, 6.45) is 0. The average molecular weight is 339 g/mol. The van der Waals surface area contributed by atoms with Crippen LogP contribution in [0.25, 0.3) is 11.3 Å². The topological polar surface area (TPSA) is 68.1 Å². The van der Waals surface area contributed by atoms with Crippen LogP contribution in [0.3, 0.4) is 0 Å². The zero-order chi connectivity index (χ0) is 17.1. The van der Waals surface area contributed by atoms with Gasteiger partial charge in [0.2, 0.25) is 0 Å². The zero-order valence-corrected chi connectivity index (χ0v) is 14.3. The summed E-state index contributed by atoms with van der Waals surface area (Å²) < 4.78 is 0. The van der Waals surface area contributed by atoms with E-state index >= 15 is 0 Å². The third-order valence-corrected chi connectivity index (χ3v) is 4.67. The van der Waals surface area contributed by atoms with Gasteiger partial charge in [-0.25, -0.2) is 4.98 Å². The highest BCUT2D eigenvalue weighted by Gasteiger charge is 2.08. The molecule has 0 aliphatic heterocycles. The maximum absolute atomic E-state index is 10.8. The molecule has 0 atom stereocenters. The van der Waals surface area contributed by atoms with Crippen molar-refractivity contribution in [2.24, 2.45) is 0 Å². The number of thiazole rings is 1. The van der Waals surface area contributed by atoms with Crippen LogP contribution < -0.4 is 5.32 Å². The largest absolute Gasteiger partial charge is 0.357 e. The molecule has 3 rings (SSSR count). The van der Waals surface area contributed by atoms with E-state index in [0.29, 0.717) is 6.54 Å². The van der Waals surface area contributed by atoms with Crippen molar-refractivity contribution in [3.8, 4) is 11.3 Å². The number of benzene rings is 2. The quantitative estimate of drug-likeness (QED) is 0.527. The fourth-order valence-electron chi connectivity index (χ4n) is 2.35. The van der Waals surface area contributed by atoms with Crippen LogP contribution in [0.1, 0.15) is 16.7 Å². The maximum Gasteiger partial charge on any atom is 0.269 e. The van der Waals surface area contributed by atoms with Crippen molar-refractivity contribution in [1.82, 2.24) is 4.98 Å². The van der Waals surface area contributed by atoms with Gasteiger partial charge < -0.3 is 5.32 Å². The highest BCUT2D eigenvalue weighted by Crippen LogP contribution is 2.27. The molecule has 5 nitrogen and oxygen atoms in total. The highest BCUT2D eigenvalue weighted by atomic mass is 32.1. The fraction of sp³-hybridized carbons (Fsp3) is 0.167. The molecule has 122 valence electrons. The number of nitrogens with zero attached hydrogens (tertiary/aromatic N) is 2. The van der Waals surface area contributed by atoms with Crippen LogP contribution >= 0.6 is 11.3 Å². The third kappa shape index (κ3) is 3.60. The Morgan fingerprint density at radius 1 is 1.17 bits per heavy atom. The van der Waals surface area contributed by atoms with Crippen LogP contribution in [-0.2, 0) is 6.54 Å². The molecule has 24 heavy (non-hydrogen) atoms. The molecule has 0 amide bonds. The van der Waals surface area contributed by atoms with Gasteiger partial charge in [-0.1, -0.05) is 24.3 Å². The van der Waals surface area contributed by atoms with Gasteiger partial charge >= 0.3 is 0 Å². The minimum Gasteiger partial charge on any atom is -0.357 e. The van der Waals surface area contributed by atoms with E-state index in [9.17, 15) is 10.1 Å². The number of rotatable bonds is 5. The number of non-ortho nitro benzene ring substituents is 1. The van der Waals surface area contributed by atoms with Crippen molar-refractivity contribution in [3.05, 3.63) is 74.6 Å². The van der Waals surface area contributed by atoms with E-state index in [1.807, 2.05) is 11.4 Å². The molecule has 2 aromatic carbocycles. The lowest BCUT2D eigenvalue weighted by atomic mass is 10.1. The second-order valence-corrected chi connectivity index (χ2v) is 6.48. The molecule has 0 unspecified atom stereocenters. The first-order valence-corrected chi connectivity index (χ1v) is 8.41. The number of aryl methyl sites for hydroxylation is 2. The van der Waals surface area contributed by atoms with E-state index in [2.05, 4.69) is 42.3 Å². The number of nitro benzene ring substituents is 1. The number of hydrogen-bond donors (Lipinski definition) is 1. The van der Waals surface area contributed by atoms with Gasteiger partial charge in [-0.05, 0) is 36.6 Å². The van der Waals surface area contributed by atoms with E-state index in [1.54, 1.807) is 12.1 Å². The zero-order valence-electron chi connectivity index (χ0n) is 13.4. The van der Waals surface area contributed by atoms with Crippen molar-refractivity contribution in [3.63, 3.8) is 0 Å². The van der Waals surface area contributed by atoms with E-state index in [-0.39, 0.29) is 10.6 Å². The predicted molar refractivity (Wildman–Crippen MR) is 97.4 cm³/mol. The van der Waals surface area contributed by atoms with Crippen molar-refractivity contribution >= 4 is 22.2 Å². The molecule has 3 aromatic rings. The summed E-state index contributed by atoms with van der Waals surface area (Å²) in [6, 6.07) is 12.9. The number of hydrogen-bond acceptors (Lipinski definition) is 5. The summed E-state index contributed by atoms with van der Waals surface area (Å²) in [7, 11) is 0. The molecular formula is C18H17N3O2S. The Bertz CT molecular complexity index is 889. The summed E-state index contributed by atoms with van der Waals surface area (Å²) in [5.41, 5.74) is 5.49. The Morgan fingerprint density at radius 3 is 2.75 bits per heavy atom. The summed E-state index contributed by atoms with van der Waals surface area (Å²) in [4.78, 5) is 15.0. The van der Waals surface area contributed by atoms with Crippen LogP contribution in [0.15, 0.2) is 47.8 Å². The molecule has 0 radical (unpaired) electrons. The van der Waals surface area contributed by atoms with Crippen LogP contribution in [0.5, 0.6) is 0 Å². The van der Waals surface area contributed by atoms with E-state index in [0.717, 1.165) is 22.0 Å². The molecule has 0 spiro atoms. The molecule has 0 fully saturated rings. The Morgan fingerprint density at radius 2 is 2.00 bits per heavy atom. The fourth-order valence-corrected chi connectivity index (χ4v) is 3.06. The van der Waals surface area contributed by atoms with Crippen molar-refractivity contribution in [1.29, 1.82) is 0 Å². The minimum atomic E-state index is -0.384. The molecule has 0 aliphatic carbocycles. The van der Waals surface area contributed by atoms with Gasteiger partial charge in [0.25, 0.3) is 5.69 Å². The lowest BCUT2D eigenvalue weighted by Gasteiger charge is -2.04. The summed E-state index contributed by atoms with van der Waals surface area (Å²) >= 11 is 1.53. The Kier molecular flexibility index (Phi) is 4.57. The second-order valence-electron chi connectivity index (χ2n) is 5.62. The predicted octanol–water partition coefficient (Wildman–Crippen LogP) is 4.95. The average Bonchev–Trinajstić information content (AvgIpc) is 3.05. The standard InChI is InChI=1S/C18H17N3O2S/c1-12-6-7-15(8-13(12)2)17-11-24-18(20-17)19-10-14-4-3-5-16(9-14)21(22)23/h3-9,11H,10H2,1-2H3,(H,19,20). The molecule has 6 heteroatoms. The Balaban J connectivity index is 1.71. The Hall–Kier alpha value is -2.73. The van der Waals surface area contributed by atoms with E-state index in [4.69, 9.17) is 0 Å². The summed E-state index contributed by atoms with van der Waals surface area (Å²) in [6.45, 7) is 4.68. The molecule has 0 saturated carbocycles. The van der Waals surface area contributed by atoms with E-state index < -0.39 is 0 Å². The third-order valence-electron chi connectivity index (χ3n) is 3.87. The first-order valence-electron chi connectivity index (χ1n) is 7.53. The van der Waals surface area contributed by atoms with Crippen LogP contribution in [0, 0.1) is 24.0 Å². The molecule has 1 aromatic heterocycles. The lowest BCUT2D eigenvalue weighted by Crippen LogP contribution is -1.99. The maximum atomic E-state index is 10.8. The van der Waals surface area contributed by atoms with Gasteiger partial charge in [0, 0.05) is 29.6 Å². The van der Waals surface area contributed by atoms with Crippen molar-refractivity contribution in [2.45, 2.75) is 20.4 Å². The lowest BCUT2D eigenvalue weighted by molar-refractivity contribution is -0.384. The Labute approximate surface area is 144 Å². The second kappa shape index (κ2) is 6.80. The van der Waals surface area contributed by atoms with Crippen molar-refractivity contribution in [2.75, 3.05) is 5.32 Å². The van der Waals surface area contributed by atoms with Gasteiger partial charge in [0.05, 0.1) is 10.6 Å². The highest BCUT2D eigenvalue weighted by molar-refractivity contribution is 7.14. The van der Waals surface area contributed by atoms with Crippen LogP contribution in [0.2, 0.25) is 0 Å². The van der Waals surface area contributed by atoms with Crippen molar-refractivity contribution < 1.29 is 4.92 Å². The SMILES string of the molecule is Cc1ccc(-c2csc(NCc3cccc([N+](=O)[O-])c3)n2)cc1C. The summed E-state index contributed by atoms with van der Waals surface area (Å²) in [5.74, 6) is 0. The number of anilines is 1. The van der Waals surface area contributed by atoms with Crippen LogP contribution in [0.4, 0.5) is 10.8 Å².